The van der Waals surface area contributed by atoms with Crippen LogP contribution in [0.5, 0.6) is 0 Å². The Hall–Kier alpha value is -2.23. The van der Waals surface area contributed by atoms with E-state index in [9.17, 15) is 18.3 Å². The number of hydrogen-bond donors (Lipinski definition) is 1. The van der Waals surface area contributed by atoms with Gasteiger partial charge in [-0.25, -0.2) is 13.2 Å². The Labute approximate surface area is 177 Å². The number of hydrogen-bond acceptors (Lipinski definition) is 3. The SMILES string of the molecule is O=C(O)c1cc(I)cc(S(=O)(=O)N(Cc2ccccc2)Cc2ccccc2)c1. The van der Waals surface area contributed by atoms with Crippen LogP contribution in [0.15, 0.2) is 83.8 Å². The highest BCUT2D eigenvalue weighted by atomic mass is 127. The molecule has 0 unspecified atom stereocenters. The van der Waals surface area contributed by atoms with Crippen molar-refractivity contribution in [3.05, 3.63) is 99.1 Å². The van der Waals surface area contributed by atoms with Crippen LogP contribution < -0.4 is 0 Å². The summed E-state index contributed by atoms with van der Waals surface area (Å²) >= 11 is 1.93. The number of benzene rings is 3. The van der Waals surface area contributed by atoms with E-state index in [2.05, 4.69) is 0 Å². The van der Waals surface area contributed by atoms with Gasteiger partial charge in [-0.05, 0) is 51.9 Å². The van der Waals surface area contributed by atoms with Crippen molar-refractivity contribution in [2.45, 2.75) is 18.0 Å². The maximum absolute atomic E-state index is 13.4. The van der Waals surface area contributed by atoms with Gasteiger partial charge in [-0.3, -0.25) is 0 Å². The molecule has 3 rings (SSSR count). The van der Waals surface area contributed by atoms with E-state index < -0.39 is 16.0 Å². The number of sulfonamides is 1. The monoisotopic (exact) mass is 507 g/mol. The Morgan fingerprint density at radius 2 is 1.36 bits per heavy atom. The Kier molecular flexibility index (Phi) is 6.48. The van der Waals surface area contributed by atoms with Gasteiger partial charge in [-0.2, -0.15) is 4.31 Å². The molecule has 0 spiro atoms. The summed E-state index contributed by atoms with van der Waals surface area (Å²) in [4.78, 5) is 11.3. The number of rotatable bonds is 7. The van der Waals surface area contributed by atoms with Gasteiger partial charge in [0.25, 0.3) is 0 Å². The fraction of sp³-hybridized carbons (Fsp3) is 0.0952. The first-order chi connectivity index (χ1) is 13.4. The third-order valence-electron chi connectivity index (χ3n) is 4.16. The number of carbonyl (C=O) groups is 1. The number of aromatic carboxylic acids is 1. The van der Waals surface area contributed by atoms with E-state index in [1.54, 1.807) is 0 Å². The van der Waals surface area contributed by atoms with Crippen LogP contribution in [0, 0.1) is 3.57 Å². The minimum absolute atomic E-state index is 0.0244. The molecule has 0 aliphatic rings. The van der Waals surface area contributed by atoms with Gasteiger partial charge in [0.15, 0.2) is 0 Å². The van der Waals surface area contributed by atoms with Crippen molar-refractivity contribution >= 4 is 38.6 Å². The second-order valence-electron chi connectivity index (χ2n) is 6.23. The summed E-state index contributed by atoms with van der Waals surface area (Å²) in [5.41, 5.74) is 1.65. The Bertz CT molecular complexity index is 1030. The first-order valence-corrected chi connectivity index (χ1v) is 11.0. The molecule has 0 aliphatic heterocycles. The van der Waals surface area contributed by atoms with Crippen molar-refractivity contribution in [2.24, 2.45) is 0 Å². The van der Waals surface area contributed by atoms with Crippen molar-refractivity contribution in [3.8, 4) is 0 Å². The second-order valence-corrected chi connectivity index (χ2v) is 9.41. The third-order valence-corrected chi connectivity index (χ3v) is 6.55. The van der Waals surface area contributed by atoms with Crippen molar-refractivity contribution in [1.29, 1.82) is 0 Å². The number of carboxylic acids is 1. The minimum Gasteiger partial charge on any atom is -0.478 e. The zero-order chi connectivity index (χ0) is 20.1. The lowest BCUT2D eigenvalue weighted by atomic mass is 10.2. The average Bonchev–Trinajstić information content (AvgIpc) is 2.68. The largest absolute Gasteiger partial charge is 0.478 e. The molecule has 3 aromatic carbocycles. The van der Waals surface area contributed by atoms with Crippen molar-refractivity contribution in [1.82, 2.24) is 4.31 Å². The molecule has 0 atom stereocenters. The van der Waals surface area contributed by atoms with Crippen LogP contribution in [-0.4, -0.2) is 23.8 Å². The summed E-state index contributed by atoms with van der Waals surface area (Å²) in [7, 11) is -3.91. The second kappa shape index (κ2) is 8.85. The van der Waals surface area contributed by atoms with Gasteiger partial charge >= 0.3 is 5.97 Å². The molecule has 0 fully saturated rings. The molecule has 7 heteroatoms. The van der Waals surface area contributed by atoms with Crippen LogP contribution in [0.2, 0.25) is 0 Å². The molecular weight excluding hydrogens is 489 g/mol. The van der Waals surface area contributed by atoms with Crippen LogP contribution in [-0.2, 0) is 23.1 Å². The molecule has 5 nitrogen and oxygen atoms in total. The highest BCUT2D eigenvalue weighted by Gasteiger charge is 2.26. The first kappa shape index (κ1) is 20.5. The fourth-order valence-electron chi connectivity index (χ4n) is 2.78. The molecule has 28 heavy (non-hydrogen) atoms. The molecule has 3 aromatic rings. The molecule has 0 bridgehead atoms. The number of halogens is 1. The molecule has 0 aromatic heterocycles. The third kappa shape index (κ3) is 4.98. The van der Waals surface area contributed by atoms with Crippen LogP contribution >= 0.6 is 22.6 Å². The molecule has 0 radical (unpaired) electrons. The van der Waals surface area contributed by atoms with Crippen LogP contribution in [0.4, 0.5) is 0 Å². The molecule has 1 N–H and O–H groups in total. The fourth-order valence-corrected chi connectivity index (χ4v) is 5.15. The van der Waals surface area contributed by atoms with E-state index in [1.807, 2.05) is 83.3 Å². The van der Waals surface area contributed by atoms with Gasteiger partial charge < -0.3 is 5.11 Å². The minimum atomic E-state index is -3.91. The van der Waals surface area contributed by atoms with E-state index >= 15 is 0 Å². The van der Waals surface area contributed by atoms with E-state index in [-0.39, 0.29) is 23.5 Å². The maximum atomic E-state index is 13.4. The topological polar surface area (TPSA) is 74.7 Å². The summed E-state index contributed by atoms with van der Waals surface area (Å²) in [6, 6.07) is 22.8. The zero-order valence-corrected chi connectivity index (χ0v) is 17.8. The zero-order valence-electron chi connectivity index (χ0n) is 14.8. The quantitative estimate of drug-likeness (QED) is 0.482. The summed E-state index contributed by atoms with van der Waals surface area (Å²) in [6.07, 6.45) is 0. The Balaban J connectivity index is 2.03. The van der Waals surface area contributed by atoms with Gasteiger partial charge in [0.1, 0.15) is 0 Å². The molecule has 0 aliphatic carbocycles. The highest BCUT2D eigenvalue weighted by Crippen LogP contribution is 2.24. The molecular formula is C21H18INO4S. The van der Waals surface area contributed by atoms with Gasteiger partial charge in [-0.1, -0.05) is 60.7 Å². The predicted octanol–water partition coefficient (Wildman–Crippen LogP) is 4.38. The van der Waals surface area contributed by atoms with E-state index in [0.29, 0.717) is 3.57 Å². The first-order valence-electron chi connectivity index (χ1n) is 8.48. The van der Waals surface area contributed by atoms with Crippen molar-refractivity contribution in [3.63, 3.8) is 0 Å². The van der Waals surface area contributed by atoms with Gasteiger partial charge in [-0.15, -0.1) is 0 Å². The Morgan fingerprint density at radius 1 is 0.857 bits per heavy atom. The maximum Gasteiger partial charge on any atom is 0.335 e. The van der Waals surface area contributed by atoms with Gasteiger partial charge in [0.2, 0.25) is 10.0 Å². The lowest BCUT2D eigenvalue weighted by Crippen LogP contribution is -2.30. The standard InChI is InChI=1S/C21H18INO4S/c22-19-11-18(21(24)25)12-20(13-19)28(26,27)23(14-16-7-3-1-4-8-16)15-17-9-5-2-6-10-17/h1-13H,14-15H2,(H,24,25). The van der Waals surface area contributed by atoms with E-state index in [0.717, 1.165) is 11.1 Å². The van der Waals surface area contributed by atoms with Crippen molar-refractivity contribution < 1.29 is 18.3 Å². The summed E-state index contributed by atoms with van der Waals surface area (Å²) in [5.74, 6) is -1.16. The summed E-state index contributed by atoms with van der Waals surface area (Å²) < 4.78 is 28.7. The Morgan fingerprint density at radius 3 is 1.82 bits per heavy atom. The molecule has 0 saturated carbocycles. The molecule has 0 amide bonds. The lowest BCUT2D eigenvalue weighted by molar-refractivity contribution is 0.0696. The van der Waals surface area contributed by atoms with Gasteiger partial charge in [0.05, 0.1) is 10.5 Å². The lowest BCUT2D eigenvalue weighted by Gasteiger charge is -2.23. The normalized spacial score (nSPS) is 11.5. The molecule has 144 valence electrons. The average molecular weight is 507 g/mol. The number of nitrogens with zero attached hydrogens (tertiary/aromatic N) is 1. The smallest absolute Gasteiger partial charge is 0.335 e. The van der Waals surface area contributed by atoms with Crippen molar-refractivity contribution in [2.75, 3.05) is 0 Å². The van der Waals surface area contributed by atoms with Crippen LogP contribution in [0.3, 0.4) is 0 Å². The van der Waals surface area contributed by atoms with Crippen LogP contribution in [0.25, 0.3) is 0 Å². The predicted molar refractivity (Wildman–Crippen MR) is 115 cm³/mol. The highest BCUT2D eigenvalue weighted by molar-refractivity contribution is 14.1. The molecule has 0 heterocycles. The van der Waals surface area contributed by atoms with Gasteiger partial charge in [0, 0.05) is 16.7 Å². The number of carboxylic acid groups (broad SMARTS) is 1. The summed E-state index contributed by atoms with van der Waals surface area (Å²) in [6.45, 7) is 0.373. The summed E-state index contributed by atoms with van der Waals surface area (Å²) in [5, 5.41) is 9.30. The van der Waals surface area contributed by atoms with E-state index in [4.69, 9.17) is 0 Å². The van der Waals surface area contributed by atoms with E-state index in [1.165, 1.54) is 22.5 Å². The van der Waals surface area contributed by atoms with Crippen LogP contribution in [0.1, 0.15) is 21.5 Å². The molecule has 0 saturated heterocycles.